The molecule has 0 atom stereocenters. The number of halogens is 1. The van der Waals surface area contributed by atoms with Crippen LogP contribution in [0.15, 0.2) is 29.3 Å². The monoisotopic (exact) mass is 362 g/mol. The van der Waals surface area contributed by atoms with Crippen LogP contribution in [0.4, 0.5) is 11.4 Å². The molecule has 2 aliphatic rings. The number of nitrogens with zero attached hydrogens (tertiary/aromatic N) is 1. The van der Waals surface area contributed by atoms with Crippen molar-refractivity contribution in [2.45, 2.75) is 32.6 Å². The van der Waals surface area contributed by atoms with Gasteiger partial charge in [-0.15, -0.1) is 0 Å². The SMILES string of the molecule is CCOC(=O)CNc1cc(N2C(=O)C3=C(CCCC3)C2=O)ccc1Cl. The zero-order valence-electron chi connectivity index (χ0n) is 13.9. The van der Waals surface area contributed by atoms with E-state index in [0.717, 1.165) is 12.8 Å². The minimum atomic E-state index is -0.408. The summed E-state index contributed by atoms with van der Waals surface area (Å²) < 4.78 is 4.86. The van der Waals surface area contributed by atoms with Crippen molar-refractivity contribution in [3.05, 3.63) is 34.4 Å². The predicted octanol–water partition coefficient (Wildman–Crippen LogP) is 3.06. The van der Waals surface area contributed by atoms with E-state index in [-0.39, 0.29) is 18.4 Å². The smallest absolute Gasteiger partial charge is 0.325 e. The quantitative estimate of drug-likeness (QED) is 0.643. The van der Waals surface area contributed by atoms with E-state index in [4.69, 9.17) is 16.3 Å². The molecule has 132 valence electrons. The lowest BCUT2D eigenvalue weighted by atomic mass is 9.93. The number of amides is 2. The fourth-order valence-electron chi connectivity index (χ4n) is 3.14. The van der Waals surface area contributed by atoms with E-state index in [2.05, 4.69) is 5.32 Å². The van der Waals surface area contributed by atoms with Crippen molar-refractivity contribution in [1.82, 2.24) is 0 Å². The van der Waals surface area contributed by atoms with E-state index in [1.807, 2.05) is 0 Å². The Morgan fingerprint density at radius 3 is 2.44 bits per heavy atom. The van der Waals surface area contributed by atoms with Gasteiger partial charge in [-0.05, 0) is 50.8 Å². The number of benzene rings is 1. The third-order valence-electron chi connectivity index (χ3n) is 4.33. The molecule has 1 aliphatic carbocycles. The molecular weight excluding hydrogens is 344 g/mol. The maximum Gasteiger partial charge on any atom is 0.325 e. The molecule has 1 aromatic rings. The summed E-state index contributed by atoms with van der Waals surface area (Å²) in [6.07, 6.45) is 3.16. The van der Waals surface area contributed by atoms with Crippen molar-refractivity contribution in [2.75, 3.05) is 23.4 Å². The van der Waals surface area contributed by atoms with E-state index in [1.165, 1.54) is 4.90 Å². The van der Waals surface area contributed by atoms with Gasteiger partial charge in [-0.25, -0.2) is 4.90 Å². The molecule has 0 spiro atoms. The first-order chi connectivity index (χ1) is 12.0. The normalized spacial score (nSPS) is 17.0. The van der Waals surface area contributed by atoms with Gasteiger partial charge in [0.2, 0.25) is 0 Å². The van der Waals surface area contributed by atoms with Crippen LogP contribution in [-0.2, 0) is 19.1 Å². The summed E-state index contributed by atoms with van der Waals surface area (Å²) >= 11 is 6.14. The molecule has 6 nitrogen and oxygen atoms in total. The molecule has 0 saturated carbocycles. The van der Waals surface area contributed by atoms with Crippen LogP contribution in [0.2, 0.25) is 5.02 Å². The van der Waals surface area contributed by atoms with Gasteiger partial charge in [0.25, 0.3) is 11.8 Å². The molecule has 25 heavy (non-hydrogen) atoms. The molecule has 1 N–H and O–H groups in total. The molecule has 1 aromatic carbocycles. The first-order valence-electron chi connectivity index (χ1n) is 8.32. The molecular formula is C18H19ClN2O4. The summed E-state index contributed by atoms with van der Waals surface area (Å²) in [5, 5.41) is 3.28. The van der Waals surface area contributed by atoms with Crippen molar-refractivity contribution in [2.24, 2.45) is 0 Å². The summed E-state index contributed by atoms with van der Waals surface area (Å²) in [6.45, 7) is 1.97. The summed E-state index contributed by atoms with van der Waals surface area (Å²) in [5.74, 6) is -0.911. The third-order valence-corrected chi connectivity index (χ3v) is 4.66. The van der Waals surface area contributed by atoms with Crippen molar-refractivity contribution in [1.29, 1.82) is 0 Å². The van der Waals surface area contributed by atoms with Crippen molar-refractivity contribution in [3.8, 4) is 0 Å². The van der Waals surface area contributed by atoms with E-state index in [1.54, 1.807) is 25.1 Å². The largest absolute Gasteiger partial charge is 0.465 e. The van der Waals surface area contributed by atoms with Gasteiger partial charge in [-0.2, -0.15) is 0 Å². The number of carbonyl (C=O) groups is 3. The van der Waals surface area contributed by atoms with Crippen LogP contribution < -0.4 is 10.2 Å². The summed E-state index contributed by atoms with van der Waals surface area (Å²) in [7, 11) is 0. The highest BCUT2D eigenvalue weighted by Crippen LogP contribution is 2.37. The van der Waals surface area contributed by atoms with Gasteiger partial charge in [0.1, 0.15) is 6.54 Å². The zero-order valence-corrected chi connectivity index (χ0v) is 14.7. The Morgan fingerprint density at radius 2 is 1.84 bits per heavy atom. The van der Waals surface area contributed by atoms with Crippen LogP contribution in [-0.4, -0.2) is 30.9 Å². The molecule has 3 rings (SSSR count). The first kappa shape index (κ1) is 17.5. The number of ether oxygens (including phenoxy) is 1. The lowest BCUT2D eigenvalue weighted by molar-refractivity contribution is -0.141. The molecule has 0 unspecified atom stereocenters. The molecule has 0 radical (unpaired) electrons. The summed E-state index contributed by atoms with van der Waals surface area (Å²) in [6, 6.07) is 4.84. The Hall–Kier alpha value is -2.34. The van der Waals surface area contributed by atoms with Gasteiger partial charge in [0.15, 0.2) is 0 Å². The molecule has 0 aromatic heterocycles. The Labute approximate surface area is 150 Å². The average molecular weight is 363 g/mol. The van der Waals surface area contributed by atoms with Gasteiger partial charge in [0, 0.05) is 11.1 Å². The van der Waals surface area contributed by atoms with Crippen molar-refractivity contribution < 1.29 is 19.1 Å². The Morgan fingerprint density at radius 1 is 1.20 bits per heavy atom. The Kier molecular flexibility index (Phi) is 5.08. The highest BCUT2D eigenvalue weighted by molar-refractivity contribution is 6.35. The van der Waals surface area contributed by atoms with Crippen LogP contribution in [0.3, 0.4) is 0 Å². The zero-order chi connectivity index (χ0) is 18.0. The van der Waals surface area contributed by atoms with Gasteiger partial charge in [0.05, 0.1) is 23.0 Å². The fraction of sp³-hybridized carbons (Fsp3) is 0.389. The second-order valence-corrected chi connectivity index (χ2v) is 6.34. The highest BCUT2D eigenvalue weighted by atomic mass is 35.5. The number of hydrogen-bond donors (Lipinski definition) is 1. The number of rotatable bonds is 5. The molecule has 0 fully saturated rings. The van der Waals surface area contributed by atoms with Crippen LogP contribution in [0.5, 0.6) is 0 Å². The molecule has 7 heteroatoms. The summed E-state index contributed by atoms with van der Waals surface area (Å²) in [5.41, 5.74) is 2.18. The Bertz CT molecular complexity index is 744. The maximum absolute atomic E-state index is 12.6. The maximum atomic E-state index is 12.6. The number of anilines is 2. The highest BCUT2D eigenvalue weighted by Gasteiger charge is 2.39. The molecule has 1 aliphatic heterocycles. The van der Waals surface area contributed by atoms with Crippen molar-refractivity contribution >= 4 is 40.8 Å². The summed E-state index contributed by atoms with van der Waals surface area (Å²) in [4.78, 5) is 37.9. The molecule has 2 amide bonds. The van der Waals surface area contributed by atoms with Crippen LogP contribution >= 0.6 is 11.6 Å². The van der Waals surface area contributed by atoms with Crippen LogP contribution in [0.1, 0.15) is 32.6 Å². The predicted molar refractivity (Wildman–Crippen MR) is 94.6 cm³/mol. The molecule has 0 saturated heterocycles. The third kappa shape index (κ3) is 3.39. The molecule has 0 bridgehead atoms. The average Bonchev–Trinajstić information content (AvgIpc) is 2.86. The second kappa shape index (κ2) is 7.27. The Balaban J connectivity index is 1.82. The van der Waals surface area contributed by atoms with Crippen LogP contribution in [0.25, 0.3) is 0 Å². The topological polar surface area (TPSA) is 75.7 Å². The minimum absolute atomic E-state index is 0.0480. The number of nitrogens with one attached hydrogen (secondary N) is 1. The number of esters is 1. The number of imide groups is 1. The van der Waals surface area contributed by atoms with Crippen molar-refractivity contribution in [3.63, 3.8) is 0 Å². The van der Waals surface area contributed by atoms with Gasteiger partial charge in [-0.1, -0.05) is 11.6 Å². The standard InChI is InChI=1S/C18H19ClN2O4/c1-2-25-16(22)10-20-15-9-11(7-8-14(15)19)21-17(23)12-5-3-4-6-13(12)18(21)24/h7-9,20H,2-6,10H2,1H3. The van der Waals surface area contributed by atoms with E-state index in [9.17, 15) is 14.4 Å². The number of carbonyl (C=O) groups excluding carboxylic acids is 3. The van der Waals surface area contributed by atoms with Gasteiger partial charge < -0.3 is 10.1 Å². The van der Waals surface area contributed by atoms with E-state index in [0.29, 0.717) is 47.0 Å². The van der Waals surface area contributed by atoms with Gasteiger partial charge in [-0.3, -0.25) is 14.4 Å². The minimum Gasteiger partial charge on any atom is -0.465 e. The fourth-order valence-corrected chi connectivity index (χ4v) is 3.33. The molecule has 1 heterocycles. The van der Waals surface area contributed by atoms with Crippen LogP contribution in [0, 0.1) is 0 Å². The first-order valence-corrected chi connectivity index (χ1v) is 8.70. The van der Waals surface area contributed by atoms with Gasteiger partial charge >= 0.3 is 5.97 Å². The lowest BCUT2D eigenvalue weighted by Gasteiger charge is -2.17. The lowest BCUT2D eigenvalue weighted by Crippen LogP contribution is -2.31. The van der Waals surface area contributed by atoms with E-state index >= 15 is 0 Å². The van der Waals surface area contributed by atoms with E-state index < -0.39 is 5.97 Å². The number of hydrogen-bond acceptors (Lipinski definition) is 5. The second-order valence-electron chi connectivity index (χ2n) is 5.93.